The van der Waals surface area contributed by atoms with E-state index in [2.05, 4.69) is 6.07 Å². The molecule has 0 bridgehead atoms. The summed E-state index contributed by atoms with van der Waals surface area (Å²) in [5, 5.41) is 9.21. The van der Waals surface area contributed by atoms with Crippen LogP contribution in [0.5, 0.6) is 0 Å². The highest BCUT2D eigenvalue weighted by molar-refractivity contribution is 5.83. The molecule has 1 amide bonds. The maximum Gasteiger partial charge on any atom is 0.252 e. The zero-order valence-corrected chi connectivity index (χ0v) is 14.8. The van der Waals surface area contributed by atoms with Crippen molar-refractivity contribution in [2.45, 2.75) is 30.5 Å². The third kappa shape index (κ3) is 3.20. The molecule has 6 heteroatoms. The van der Waals surface area contributed by atoms with Gasteiger partial charge in [-0.1, -0.05) is 36.4 Å². The van der Waals surface area contributed by atoms with E-state index in [9.17, 15) is 14.4 Å². The molecule has 27 heavy (non-hydrogen) atoms. The number of amides is 1. The number of nitriles is 1. The van der Waals surface area contributed by atoms with E-state index in [0.29, 0.717) is 6.54 Å². The number of carbonyl (C=O) groups excluding carboxylic acids is 1. The van der Waals surface area contributed by atoms with Crippen molar-refractivity contribution >= 4 is 5.91 Å². The van der Waals surface area contributed by atoms with E-state index in [4.69, 9.17) is 10.5 Å². The Balaban J connectivity index is 1.70. The molecule has 0 aromatic heterocycles. The van der Waals surface area contributed by atoms with Crippen LogP contribution < -0.4 is 5.73 Å². The molecule has 4 rings (SSSR count). The standard InChI is InChI=1S/C21H20FN3O2/c22-16-7-5-15(6-8-16)19-17-4-2-1-3-14(17)9-10-25(19)20(26)18-11-21(24,12-23)13-27-18/h1-8,18-19H,9-11,13,24H2/t18-,19+,21+/m1/s1. The van der Waals surface area contributed by atoms with Gasteiger partial charge in [-0.3, -0.25) is 4.79 Å². The fourth-order valence-corrected chi connectivity index (χ4v) is 3.93. The Bertz CT molecular complexity index is 908. The molecular formula is C21H20FN3O2. The summed E-state index contributed by atoms with van der Waals surface area (Å²) >= 11 is 0. The molecule has 3 atom stereocenters. The first-order valence-electron chi connectivity index (χ1n) is 8.96. The molecule has 1 fully saturated rings. The number of carbonyl (C=O) groups is 1. The van der Waals surface area contributed by atoms with E-state index in [0.717, 1.165) is 17.5 Å². The van der Waals surface area contributed by atoms with Gasteiger partial charge < -0.3 is 15.4 Å². The van der Waals surface area contributed by atoms with Crippen LogP contribution in [0.4, 0.5) is 4.39 Å². The summed E-state index contributed by atoms with van der Waals surface area (Å²) in [5.41, 5.74) is 7.88. The Labute approximate surface area is 157 Å². The molecule has 0 saturated carbocycles. The normalized spacial score (nSPS) is 27.1. The van der Waals surface area contributed by atoms with Crippen LogP contribution in [0.2, 0.25) is 0 Å². The van der Waals surface area contributed by atoms with Gasteiger partial charge in [0.05, 0.1) is 18.7 Å². The number of nitrogens with two attached hydrogens (primary N) is 1. The topological polar surface area (TPSA) is 79.4 Å². The summed E-state index contributed by atoms with van der Waals surface area (Å²) < 4.78 is 19.0. The first kappa shape index (κ1) is 17.7. The van der Waals surface area contributed by atoms with E-state index in [-0.39, 0.29) is 30.8 Å². The lowest BCUT2D eigenvalue weighted by molar-refractivity contribution is -0.143. The van der Waals surface area contributed by atoms with Crippen molar-refractivity contribution in [3.63, 3.8) is 0 Å². The third-order valence-electron chi connectivity index (χ3n) is 5.34. The number of fused-ring (bicyclic) bond motifs is 1. The maximum atomic E-state index is 13.4. The number of rotatable bonds is 2. The Morgan fingerprint density at radius 3 is 2.70 bits per heavy atom. The zero-order valence-electron chi connectivity index (χ0n) is 14.8. The lowest BCUT2D eigenvalue weighted by atomic mass is 9.87. The van der Waals surface area contributed by atoms with E-state index >= 15 is 0 Å². The molecular weight excluding hydrogens is 345 g/mol. The van der Waals surface area contributed by atoms with Gasteiger partial charge in [0.15, 0.2) is 0 Å². The van der Waals surface area contributed by atoms with Gasteiger partial charge in [0, 0.05) is 13.0 Å². The molecule has 0 radical (unpaired) electrons. The third-order valence-corrected chi connectivity index (χ3v) is 5.34. The van der Waals surface area contributed by atoms with Gasteiger partial charge in [-0.05, 0) is 35.2 Å². The minimum atomic E-state index is -1.13. The van der Waals surface area contributed by atoms with Crippen LogP contribution in [0, 0.1) is 17.1 Å². The average molecular weight is 365 g/mol. The van der Waals surface area contributed by atoms with Crippen LogP contribution >= 0.6 is 0 Å². The highest BCUT2D eigenvalue weighted by Crippen LogP contribution is 2.37. The van der Waals surface area contributed by atoms with Crippen molar-refractivity contribution < 1.29 is 13.9 Å². The largest absolute Gasteiger partial charge is 0.365 e. The molecule has 0 spiro atoms. The Kier molecular flexibility index (Phi) is 4.42. The van der Waals surface area contributed by atoms with Crippen LogP contribution in [0.15, 0.2) is 48.5 Å². The summed E-state index contributed by atoms with van der Waals surface area (Å²) in [7, 11) is 0. The molecule has 138 valence electrons. The van der Waals surface area contributed by atoms with Crippen molar-refractivity contribution in [1.82, 2.24) is 4.90 Å². The smallest absolute Gasteiger partial charge is 0.252 e. The molecule has 2 N–H and O–H groups in total. The van der Waals surface area contributed by atoms with Crippen LogP contribution in [-0.4, -0.2) is 35.6 Å². The highest BCUT2D eigenvalue weighted by Gasteiger charge is 2.44. The minimum absolute atomic E-state index is 0.0472. The summed E-state index contributed by atoms with van der Waals surface area (Å²) in [4.78, 5) is 15.0. The first-order chi connectivity index (χ1) is 13.0. The number of hydrogen-bond acceptors (Lipinski definition) is 4. The van der Waals surface area contributed by atoms with Gasteiger partial charge in [-0.2, -0.15) is 5.26 Å². The molecule has 2 aliphatic heterocycles. The Morgan fingerprint density at radius 2 is 2.00 bits per heavy atom. The number of nitrogens with zero attached hydrogens (tertiary/aromatic N) is 2. The van der Waals surface area contributed by atoms with Crippen molar-refractivity contribution in [3.05, 3.63) is 71.0 Å². The number of ether oxygens (including phenoxy) is 1. The van der Waals surface area contributed by atoms with Crippen LogP contribution in [-0.2, 0) is 16.0 Å². The molecule has 1 saturated heterocycles. The van der Waals surface area contributed by atoms with E-state index in [1.807, 2.05) is 24.3 Å². The van der Waals surface area contributed by atoms with Gasteiger partial charge >= 0.3 is 0 Å². The molecule has 0 aliphatic carbocycles. The quantitative estimate of drug-likeness (QED) is 0.886. The minimum Gasteiger partial charge on any atom is -0.365 e. The number of hydrogen-bond donors (Lipinski definition) is 1. The average Bonchev–Trinajstić information content (AvgIpc) is 3.10. The summed E-state index contributed by atoms with van der Waals surface area (Å²) in [5.74, 6) is -0.497. The van der Waals surface area contributed by atoms with Crippen molar-refractivity contribution in [2.24, 2.45) is 5.73 Å². The molecule has 2 aromatic rings. The second kappa shape index (κ2) is 6.76. The van der Waals surface area contributed by atoms with Gasteiger partial charge in [0.1, 0.15) is 17.5 Å². The van der Waals surface area contributed by atoms with Crippen LogP contribution in [0.25, 0.3) is 0 Å². The number of benzene rings is 2. The Hall–Kier alpha value is -2.75. The van der Waals surface area contributed by atoms with Crippen molar-refractivity contribution in [3.8, 4) is 6.07 Å². The van der Waals surface area contributed by atoms with Gasteiger partial charge in [0.2, 0.25) is 0 Å². The van der Waals surface area contributed by atoms with Gasteiger partial charge in [-0.25, -0.2) is 4.39 Å². The van der Waals surface area contributed by atoms with Crippen molar-refractivity contribution in [1.29, 1.82) is 5.26 Å². The molecule has 2 aliphatic rings. The van der Waals surface area contributed by atoms with Gasteiger partial charge in [0.25, 0.3) is 5.91 Å². The summed E-state index contributed by atoms with van der Waals surface area (Å²) in [6.07, 6.45) is 0.178. The monoisotopic (exact) mass is 365 g/mol. The van der Waals surface area contributed by atoms with E-state index in [1.54, 1.807) is 17.0 Å². The number of halogens is 1. The second-order valence-electron chi connectivity index (χ2n) is 7.21. The molecule has 0 unspecified atom stereocenters. The fourth-order valence-electron chi connectivity index (χ4n) is 3.93. The summed E-state index contributed by atoms with van der Waals surface area (Å²) in [6, 6.07) is 15.9. The molecule has 5 nitrogen and oxygen atoms in total. The highest BCUT2D eigenvalue weighted by atomic mass is 19.1. The lowest BCUT2D eigenvalue weighted by Crippen LogP contribution is -2.46. The fraction of sp³-hybridized carbons (Fsp3) is 0.333. The van der Waals surface area contributed by atoms with E-state index in [1.165, 1.54) is 17.7 Å². The van der Waals surface area contributed by atoms with Crippen molar-refractivity contribution in [2.75, 3.05) is 13.2 Å². The van der Waals surface area contributed by atoms with Crippen LogP contribution in [0.3, 0.4) is 0 Å². The first-order valence-corrected chi connectivity index (χ1v) is 8.96. The van der Waals surface area contributed by atoms with Gasteiger partial charge in [-0.15, -0.1) is 0 Å². The maximum absolute atomic E-state index is 13.4. The zero-order chi connectivity index (χ0) is 19.0. The Morgan fingerprint density at radius 1 is 1.26 bits per heavy atom. The predicted octanol–water partition coefficient (Wildman–Crippen LogP) is 2.31. The predicted molar refractivity (Wildman–Crippen MR) is 97.0 cm³/mol. The summed E-state index contributed by atoms with van der Waals surface area (Å²) in [6.45, 7) is 0.577. The molecule has 2 heterocycles. The van der Waals surface area contributed by atoms with E-state index < -0.39 is 11.6 Å². The SMILES string of the molecule is N#C[C@]1(N)CO[C@@H](C(=O)N2CCc3ccccc3[C@@H]2c2ccc(F)cc2)C1. The molecule has 2 aromatic carbocycles. The second-order valence-corrected chi connectivity index (χ2v) is 7.21. The lowest BCUT2D eigenvalue weighted by Gasteiger charge is -2.39. The van der Waals surface area contributed by atoms with Crippen LogP contribution in [0.1, 0.15) is 29.2 Å².